The number of hydrogen-bond donors (Lipinski definition) is 1. The Balaban J connectivity index is 2.23. The molecular formula is C12H9FN2O3S. The van der Waals surface area contributed by atoms with Crippen LogP contribution < -0.4 is 5.32 Å². The molecule has 2 heterocycles. The van der Waals surface area contributed by atoms with E-state index >= 15 is 0 Å². The molecule has 19 heavy (non-hydrogen) atoms. The Morgan fingerprint density at radius 3 is 2.89 bits per heavy atom. The van der Waals surface area contributed by atoms with E-state index < -0.39 is 17.8 Å². The van der Waals surface area contributed by atoms with E-state index in [1.165, 1.54) is 25.4 Å². The van der Waals surface area contributed by atoms with Gasteiger partial charge in [-0.05, 0) is 23.6 Å². The first-order valence-electron chi connectivity index (χ1n) is 5.21. The number of anilines is 1. The van der Waals surface area contributed by atoms with Gasteiger partial charge in [0.15, 0.2) is 0 Å². The third kappa shape index (κ3) is 2.76. The van der Waals surface area contributed by atoms with Crippen LogP contribution in [0.4, 0.5) is 10.1 Å². The van der Waals surface area contributed by atoms with Crippen LogP contribution in [0, 0.1) is 5.95 Å². The second-order valence-electron chi connectivity index (χ2n) is 3.45. The molecule has 0 saturated carbocycles. The number of carbonyl (C=O) groups is 2. The molecule has 0 aromatic carbocycles. The second kappa shape index (κ2) is 5.57. The number of halogens is 1. The summed E-state index contributed by atoms with van der Waals surface area (Å²) < 4.78 is 17.9. The molecule has 0 atom stereocenters. The number of hydrogen-bond acceptors (Lipinski definition) is 5. The average Bonchev–Trinajstić information content (AvgIpc) is 2.86. The number of ether oxygens (including phenoxy) is 1. The summed E-state index contributed by atoms with van der Waals surface area (Å²) in [5.74, 6) is -2.10. The van der Waals surface area contributed by atoms with E-state index in [-0.39, 0.29) is 16.1 Å². The molecule has 0 aliphatic heterocycles. The summed E-state index contributed by atoms with van der Waals surface area (Å²) in [6.07, 6.45) is 1.25. The first-order chi connectivity index (χ1) is 9.13. The molecule has 0 fully saturated rings. The van der Waals surface area contributed by atoms with Gasteiger partial charge in [-0.15, -0.1) is 11.3 Å². The smallest absolute Gasteiger partial charge is 0.350 e. The molecule has 1 N–H and O–H groups in total. The Morgan fingerprint density at radius 2 is 2.21 bits per heavy atom. The standard InChI is InChI=1S/C12H9FN2O3S/c1-18-12(17)9-8(4-6-19-9)15-11(16)7-3-2-5-14-10(7)13/h2-6H,1H3,(H,15,16). The van der Waals surface area contributed by atoms with Crippen molar-refractivity contribution in [3.63, 3.8) is 0 Å². The highest BCUT2D eigenvalue weighted by atomic mass is 32.1. The predicted molar refractivity (Wildman–Crippen MR) is 67.8 cm³/mol. The number of amides is 1. The van der Waals surface area contributed by atoms with Crippen molar-refractivity contribution >= 4 is 28.9 Å². The minimum Gasteiger partial charge on any atom is -0.465 e. The van der Waals surface area contributed by atoms with Gasteiger partial charge in [0, 0.05) is 6.20 Å². The first kappa shape index (κ1) is 13.2. The van der Waals surface area contributed by atoms with Gasteiger partial charge in [-0.25, -0.2) is 9.78 Å². The molecule has 2 aromatic rings. The van der Waals surface area contributed by atoms with Crippen molar-refractivity contribution in [3.05, 3.63) is 46.2 Å². The van der Waals surface area contributed by atoms with Gasteiger partial charge in [-0.2, -0.15) is 4.39 Å². The van der Waals surface area contributed by atoms with E-state index in [2.05, 4.69) is 15.0 Å². The quantitative estimate of drug-likeness (QED) is 0.692. The molecule has 5 nitrogen and oxygen atoms in total. The zero-order valence-corrected chi connectivity index (χ0v) is 10.7. The number of esters is 1. The van der Waals surface area contributed by atoms with Crippen LogP contribution in [0.2, 0.25) is 0 Å². The maximum Gasteiger partial charge on any atom is 0.350 e. The summed E-state index contributed by atoms with van der Waals surface area (Å²) in [6.45, 7) is 0. The van der Waals surface area contributed by atoms with Crippen LogP contribution in [0.25, 0.3) is 0 Å². The lowest BCUT2D eigenvalue weighted by molar-refractivity contribution is 0.0607. The molecule has 0 aliphatic rings. The molecular weight excluding hydrogens is 271 g/mol. The normalized spacial score (nSPS) is 10.0. The lowest BCUT2D eigenvalue weighted by Crippen LogP contribution is -2.15. The fourth-order valence-electron chi connectivity index (χ4n) is 1.40. The van der Waals surface area contributed by atoms with Gasteiger partial charge in [0.25, 0.3) is 5.91 Å². The summed E-state index contributed by atoms with van der Waals surface area (Å²) >= 11 is 1.12. The Labute approximate surface area is 112 Å². The number of rotatable bonds is 3. The maximum atomic E-state index is 13.3. The van der Waals surface area contributed by atoms with Crippen molar-refractivity contribution in [3.8, 4) is 0 Å². The van der Waals surface area contributed by atoms with Crippen LogP contribution in [-0.4, -0.2) is 24.0 Å². The summed E-state index contributed by atoms with van der Waals surface area (Å²) in [6, 6.07) is 4.30. The number of nitrogens with zero attached hydrogens (tertiary/aromatic N) is 1. The van der Waals surface area contributed by atoms with Crippen LogP contribution in [-0.2, 0) is 4.74 Å². The molecule has 2 aromatic heterocycles. The van der Waals surface area contributed by atoms with Crippen molar-refractivity contribution < 1.29 is 18.7 Å². The zero-order chi connectivity index (χ0) is 13.8. The monoisotopic (exact) mass is 280 g/mol. The van der Waals surface area contributed by atoms with Crippen LogP contribution in [0.15, 0.2) is 29.8 Å². The van der Waals surface area contributed by atoms with Crippen molar-refractivity contribution in [1.29, 1.82) is 0 Å². The molecule has 7 heteroatoms. The third-order valence-corrected chi connectivity index (χ3v) is 3.18. The van der Waals surface area contributed by atoms with Gasteiger partial charge in [-0.3, -0.25) is 4.79 Å². The van der Waals surface area contributed by atoms with Gasteiger partial charge in [0.1, 0.15) is 4.88 Å². The van der Waals surface area contributed by atoms with Crippen LogP contribution in [0.1, 0.15) is 20.0 Å². The number of nitrogens with one attached hydrogen (secondary N) is 1. The minimum atomic E-state index is -0.866. The fourth-order valence-corrected chi connectivity index (χ4v) is 2.17. The summed E-state index contributed by atoms with van der Waals surface area (Å²) in [5.41, 5.74) is 0.0922. The highest BCUT2D eigenvalue weighted by molar-refractivity contribution is 7.12. The minimum absolute atomic E-state index is 0.190. The molecule has 0 spiro atoms. The van der Waals surface area contributed by atoms with Gasteiger partial charge in [0.05, 0.1) is 18.4 Å². The Bertz CT molecular complexity index is 627. The number of aromatic nitrogens is 1. The zero-order valence-electron chi connectivity index (χ0n) is 9.84. The van der Waals surface area contributed by atoms with Crippen LogP contribution in [0.5, 0.6) is 0 Å². The van der Waals surface area contributed by atoms with Crippen LogP contribution >= 0.6 is 11.3 Å². The molecule has 0 radical (unpaired) electrons. The molecule has 0 aliphatic carbocycles. The average molecular weight is 280 g/mol. The van der Waals surface area contributed by atoms with Crippen LogP contribution in [0.3, 0.4) is 0 Å². The number of methoxy groups -OCH3 is 1. The molecule has 0 bridgehead atoms. The lowest BCUT2D eigenvalue weighted by atomic mass is 10.2. The van der Waals surface area contributed by atoms with E-state index in [0.29, 0.717) is 0 Å². The molecule has 0 saturated heterocycles. The van der Waals surface area contributed by atoms with E-state index in [1.807, 2.05) is 0 Å². The van der Waals surface area contributed by atoms with E-state index in [4.69, 9.17) is 0 Å². The summed E-state index contributed by atoms with van der Waals surface area (Å²) in [4.78, 5) is 26.9. The molecule has 2 rings (SSSR count). The summed E-state index contributed by atoms with van der Waals surface area (Å²) in [7, 11) is 1.24. The van der Waals surface area contributed by atoms with Gasteiger partial charge < -0.3 is 10.1 Å². The third-order valence-electron chi connectivity index (χ3n) is 2.29. The largest absolute Gasteiger partial charge is 0.465 e. The highest BCUT2D eigenvalue weighted by Crippen LogP contribution is 2.23. The SMILES string of the molecule is COC(=O)c1sccc1NC(=O)c1cccnc1F. The number of thiophene rings is 1. The number of carbonyl (C=O) groups excluding carboxylic acids is 2. The first-order valence-corrected chi connectivity index (χ1v) is 6.09. The highest BCUT2D eigenvalue weighted by Gasteiger charge is 2.18. The number of pyridine rings is 1. The molecule has 0 unspecified atom stereocenters. The molecule has 98 valence electrons. The fraction of sp³-hybridized carbons (Fsp3) is 0.0833. The lowest BCUT2D eigenvalue weighted by Gasteiger charge is -2.05. The molecule has 1 amide bonds. The van der Waals surface area contributed by atoms with Gasteiger partial charge in [0.2, 0.25) is 5.95 Å². The maximum absolute atomic E-state index is 13.3. The Hall–Kier alpha value is -2.28. The van der Waals surface area contributed by atoms with Crippen molar-refractivity contribution in [1.82, 2.24) is 4.98 Å². The Kier molecular flexibility index (Phi) is 3.86. The predicted octanol–water partition coefficient (Wildman–Crippen LogP) is 2.32. The summed E-state index contributed by atoms with van der Waals surface area (Å²) in [5, 5.41) is 4.08. The van der Waals surface area contributed by atoms with E-state index in [9.17, 15) is 14.0 Å². The van der Waals surface area contributed by atoms with E-state index in [1.54, 1.807) is 11.4 Å². The van der Waals surface area contributed by atoms with E-state index in [0.717, 1.165) is 11.3 Å². The topological polar surface area (TPSA) is 68.3 Å². The van der Waals surface area contributed by atoms with Crippen molar-refractivity contribution in [2.45, 2.75) is 0 Å². The van der Waals surface area contributed by atoms with Crippen molar-refractivity contribution in [2.24, 2.45) is 0 Å². The van der Waals surface area contributed by atoms with Gasteiger partial charge >= 0.3 is 5.97 Å². The van der Waals surface area contributed by atoms with Gasteiger partial charge in [-0.1, -0.05) is 0 Å². The second-order valence-corrected chi connectivity index (χ2v) is 4.37. The Morgan fingerprint density at radius 1 is 1.42 bits per heavy atom. The van der Waals surface area contributed by atoms with Crippen molar-refractivity contribution in [2.75, 3.05) is 12.4 Å².